The van der Waals surface area contributed by atoms with Gasteiger partial charge >= 0.3 is 6.18 Å². The van der Waals surface area contributed by atoms with Crippen LogP contribution in [0.15, 0.2) is 27.7 Å². The van der Waals surface area contributed by atoms with E-state index in [1.807, 2.05) is 13.0 Å². The van der Waals surface area contributed by atoms with Gasteiger partial charge in [-0.25, -0.2) is 4.98 Å². The molecule has 0 atom stereocenters. The molecule has 0 radical (unpaired) electrons. The number of hydrogen-bond acceptors (Lipinski definition) is 4. The topological polar surface area (TPSA) is 65.8 Å². The minimum atomic E-state index is -4.64. The lowest BCUT2D eigenvalue weighted by molar-refractivity contribution is -0.138. The Labute approximate surface area is 185 Å². The van der Waals surface area contributed by atoms with E-state index < -0.39 is 17.3 Å². The molecule has 1 aromatic heterocycles. The highest BCUT2D eigenvalue weighted by Crippen LogP contribution is 2.40. The summed E-state index contributed by atoms with van der Waals surface area (Å²) in [5.74, 6) is -0.521. The molecule has 1 aliphatic rings. The second kappa shape index (κ2) is 9.40. The Hall–Kier alpha value is -2.05. The molecule has 158 valence electrons. The van der Waals surface area contributed by atoms with E-state index in [-0.39, 0.29) is 28.7 Å². The van der Waals surface area contributed by atoms with Crippen LogP contribution in [0.3, 0.4) is 0 Å². The summed E-state index contributed by atoms with van der Waals surface area (Å²) < 4.78 is 42.4. The van der Waals surface area contributed by atoms with Gasteiger partial charge in [-0.15, -0.1) is 0 Å². The molecule has 2 aromatic rings. The third-order valence-corrected chi connectivity index (χ3v) is 6.36. The molecule has 0 aliphatic heterocycles. The summed E-state index contributed by atoms with van der Waals surface area (Å²) in [6.07, 6.45) is -1.70. The number of nitriles is 1. The number of nitrogens with one attached hydrogen (secondary N) is 1. The fourth-order valence-electron chi connectivity index (χ4n) is 3.50. The smallest absolute Gasteiger partial charge is 0.325 e. The first-order chi connectivity index (χ1) is 14.2. The number of hydrogen-bond donors (Lipinski definition) is 1. The van der Waals surface area contributed by atoms with Crippen molar-refractivity contribution < 1.29 is 18.0 Å². The number of halogens is 4. The molecule has 3 rings (SSSR count). The number of carbonyl (C=O) groups excluding carboxylic acids is 1. The van der Waals surface area contributed by atoms with Crippen molar-refractivity contribution >= 4 is 39.3 Å². The van der Waals surface area contributed by atoms with Crippen LogP contribution in [0.2, 0.25) is 0 Å². The molecule has 0 saturated carbocycles. The van der Waals surface area contributed by atoms with Crippen LogP contribution < -0.4 is 5.32 Å². The lowest BCUT2D eigenvalue weighted by Crippen LogP contribution is -2.18. The van der Waals surface area contributed by atoms with Crippen molar-refractivity contribution in [1.29, 1.82) is 5.26 Å². The molecular weight excluding hydrogens is 479 g/mol. The van der Waals surface area contributed by atoms with Crippen LogP contribution in [-0.4, -0.2) is 16.6 Å². The largest absolute Gasteiger partial charge is 0.418 e. The van der Waals surface area contributed by atoms with Gasteiger partial charge in [0.25, 0.3) is 0 Å². The van der Waals surface area contributed by atoms with E-state index in [2.05, 4.69) is 26.2 Å². The van der Waals surface area contributed by atoms with Crippen molar-refractivity contribution in [2.45, 2.75) is 50.2 Å². The lowest BCUT2D eigenvalue weighted by atomic mass is 9.97. The Morgan fingerprint density at radius 3 is 2.70 bits per heavy atom. The third-order valence-electron chi connectivity index (χ3n) is 4.89. The van der Waals surface area contributed by atoms with Crippen LogP contribution in [0.4, 0.5) is 18.9 Å². The maximum Gasteiger partial charge on any atom is 0.418 e. The molecule has 0 unspecified atom stereocenters. The standard InChI is InChI=1S/C21H19BrF3N3OS/c1-12-9-13(22)7-8-16(12)27-18(29)11-30-20-15(10-26)19(21(23,24)25)14-5-3-2-4-6-17(14)28-20/h7-9H,2-6,11H2,1H3,(H,27,29). The fraction of sp³-hybridized carbons (Fsp3) is 0.381. The highest BCUT2D eigenvalue weighted by Gasteiger charge is 2.39. The number of aromatic nitrogens is 1. The van der Waals surface area contributed by atoms with E-state index in [0.29, 0.717) is 24.2 Å². The van der Waals surface area contributed by atoms with Gasteiger partial charge < -0.3 is 5.32 Å². The molecule has 9 heteroatoms. The first-order valence-corrected chi connectivity index (χ1v) is 11.2. The Morgan fingerprint density at radius 1 is 1.30 bits per heavy atom. The molecule has 0 bridgehead atoms. The summed E-state index contributed by atoms with van der Waals surface area (Å²) in [6, 6.07) is 7.06. The zero-order valence-electron chi connectivity index (χ0n) is 16.2. The van der Waals surface area contributed by atoms with Crippen LogP contribution in [0, 0.1) is 18.3 Å². The average molecular weight is 498 g/mol. The summed E-state index contributed by atoms with van der Waals surface area (Å²) in [6.45, 7) is 1.84. The van der Waals surface area contributed by atoms with E-state index in [0.717, 1.165) is 34.6 Å². The number of carbonyl (C=O) groups is 1. The van der Waals surface area contributed by atoms with E-state index in [9.17, 15) is 23.2 Å². The quantitative estimate of drug-likeness (QED) is 0.412. The second-order valence-corrected chi connectivity index (χ2v) is 8.94. The molecule has 0 fully saturated rings. The number of nitrogens with zero attached hydrogens (tertiary/aromatic N) is 2. The maximum atomic E-state index is 13.8. The normalized spacial score (nSPS) is 13.9. The number of anilines is 1. The number of pyridine rings is 1. The first-order valence-electron chi connectivity index (χ1n) is 9.42. The SMILES string of the molecule is Cc1cc(Br)ccc1NC(=O)CSc1nc2c(c(C(F)(F)F)c1C#N)CCCCC2. The molecule has 30 heavy (non-hydrogen) atoms. The van der Waals surface area contributed by atoms with Crippen molar-refractivity contribution in [1.82, 2.24) is 4.98 Å². The maximum absolute atomic E-state index is 13.8. The predicted octanol–water partition coefficient (Wildman–Crippen LogP) is 6.04. The average Bonchev–Trinajstić information content (AvgIpc) is 2.91. The molecule has 4 nitrogen and oxygen atoms in total. The molecule has 0 saturated heterocycles. The molecule has 1 aromatic carbocycles. The zero-order chi connectivity index (χ0) is 21.9. The summed E-state index contributed by atoms with van der Waals surface area (Å²) in [5.41, 5.74) is 0.629. The van der Waals surface area contributed by atoms with Gasteiger partial charge in [-0.3, -0.25) is 4.79 Å². The van der Waals surface area contributed by atoms with Crippen molar-refractivity contribution in [3.05, 3.63) is 50.6 Å². The van der Waals surface area contributed by atoms with Crippen LogP contribution in [-0.2, 0) is 23.8 Å². The fourth-order valence-corrected chi connectivity index (χ4v) is 4.79. The summed E-state index contributed by atoms with van der Waals surface area (Å²) in [7, 11) is 0. The summed E-state index contributed by atoms with van der Waals surface area (Å²) in [5, 5.41) is 12.2. The molecule has 1 N–H and O–H groups in total. The van der Waals surface area contributed by atoms with Gasteiger partial charge in [0.2, 0.25) is 5.91 Å². The molecule has 0 spiro atoms. The Kier molecular flexibility index (Phi) is 7.09. The van der Waals surface area contributed by atoms with Crippen LogP contribution in [0.25, 0.3) is 0 Å². The van der Waals surface area contributed by atoms with E-state index >= 15 is 0 Å². The Morgan fingerprint density at radius 2 is 2.03 bits per heavy atom. The number of rotatable bonds is 4. The summed E-state index contributed by atoms with van der Waals surface area (Å²) >= 11 is 4.21. The predicted molar refractivity (Wildman–Crippen MR) is 113 cm³/mol. The van der Waals surface area contributed by atoms with Gasteiger partial charge in [-0.2, -0.15) is 18.4 Å². The molecule has 1 aliphatic carbocycles. The minimum Gasteiger partial charge on any atom is -0.325 e. The van der Waals surface area contributed by atoms with Gasteiger partial charge in [0.15, 0.2) is 0 Å². The Balaban J connectivity index is 1.87. The lowest BCUT2D eigenvalue weighted by Gasteiger charge is -2.18. The number of benzene rings is 1. The van der Waals surface area contributed by atoms with Crippen LogP contribution >= 0.6 is 27.7 Å². The van der Waals surface area contributed by atoms with Crippen molar-refractivity contribution in [2.75, 3.05) is 11.1 Å². The van der Waals surface area contributed by atoms with Gasteiger partial charge in [-0.1, -0.05) is 34.1 Å². The van der Waals surface area contributed by atoms with Crippen molar-refractivity contribution in [2.24, 2.45) is 0 Å². The highest BCUT2D eigenvalue weighted by atomic mass is 79.9. The van der Waals surface area contributed by atoms with Gasteiger partial charge in [0.1, 0.15) is 11.1 Å². The van der Waals surface area contributed by atoms with E-state index in [4.69, 9.17) is 0 Å². The highest BCUT2D eigenvalue weighted by molar-refractivity contribution is 9.10. The second-order valence-electron chi connectivity index (χ2n) is 7.06. The third kappa shape index (κ3) is 5.16. The number of thioether (sulfide) groups is 1. The van der Waals surface area contributed by atoms with Crippen LogP contribution in [0.5, 0.6) is 0 Å². The van der Waals surface area contributed by atoms with Gasteiger partial charge in [0.05, 0.1) is 16.9 Å². The molecule has 1 amide bonds. The molecule has 1 heterocycles. The Bertz CT molecular complexity index is 1020. The number of aryl methyl sites for hydroxylation is 2. The number of fused-ring (bicyclic) bond motifs is 1. The molecular formula is C21H19BrF3N3OS. The summed E-state index contributed by atoms with van der Waals surface area (Å²) in [4.78, 5) is 16.8. The van der Waals surface area contributed by atoms with E-state index in [1.165, 1.54) is 0 Å². The number of amides is 1. The van der Waals surface area contributed by atoms with Gasteiger partial charge in [-0.05, 0) is 61.9 Å². The zero-order valence-corrected chi connectivity index (χ0v) is 18.6. The van der Waals surface area contributed by atoms with E-state index in [1.54, 1.807) is 18.2 Å². The van der Waals surface area contributed by atoms with Crippen molar-refractivity contribution in [3.8, 4) is 6.07 Å². The first kappa shape index (κ1) is 22.6. The van der Waals surface area contributed by atoms with Crippen molar-refractivity contribution in [3.63, 3.8) is 0 Å². The van der Waals surface area contributed by atoms with Crippen LogP contribution in [0.1, 0.15) is 47.2 Å². The monoisotopic (exact) mass is 497 g/mol. The number of alkyl halides is 3. The minimum absolute atomic E-state index is 0.0341. The van der Waals surface area contributed by atoms with Gasteiger partial charge in [0, 0.05) is 15.9 Å².